The first-order valence-corrected chi connectivity index (χ1v) is 9.40. The summed E-state index contributed by atoms with van der Waals surface area (Å²) in [5.41, 5.74) is 1.38. The number of rotatable bonds is 3. The van der Waals surface area contributed by atoms with Crippen molar-refractivity contribution >= 4 is 56.5 Å². The molecule has 0 atom stereocenters. The molecule has 2 aromatic carbocycles. The predicted octanol–water partition coefficient (Wildman–Crippen LogP) is 5.48. The van der Waals surface area contributed by atoms with Crippen LogP contribution < -0.4 is 10.7 Å². The van der Waals surface area contributed by atoms with E-state index in [4.69, 9.17) is 27.6 Å². The lowest BCUT2D eigenvalue weighted by molar-refractivity contribution is 0.0997. The molecule has 0 aliphatic carbocycles. The number of anilines is 1. The van der Waals surface area contributed by atoms with Gasteiger partial charge in [0.05, 0.1) is 16.1 Å². The fourth-order valence-electron chi connectivity index (χ4n) is 2.53. The summed E-state index contributed by atoms with van der Waals surface area (Å²) in [5, 5.41) is 6.17. The van der Waals surface area contributed by atoms with Crippen molar-refractivity contribution in [2.24, 2.45) is 0 Å². The lowest BCUT2D eigenvalue weighted by Crippen LogP contribution is -2.14. The van der Waals surface area contributed by atoms with Crippen molar-refractivity contribution in [1.29, 1.82) is 0 Å². The van der Waals surface area contributed by atoms with Gasteiger partial charge in [0.1, 0.15) is 5.58 Å². The first kappa shape index (κ1) is 17.7. The van der Waals surface area contributed by atoms with E-state index in [9.17, 15) is 9.59 Å². The smallest absolute Gasteiger partial charge is 0.293 e. The Morgan fingerprint density at radius 1 is 1.11 bits per heavy atom. The third-order valence-electron chi connectivity index (χ3n) is 3.79. The minimum Gasteiger partial charge on any atom is -0.451 e. The van der Waals surface area contributed by atoms with E-state index in [0.29, 0.717) is 37.4 Å². The van der Waals surface area contributed by atoms with Crippen LogP contribution in [0.1, 0.15) is 10.6 Å². The summed E-state index contributed by atoms with van der Waals surface area (Å²) in [6, 6.07) is 13.0. The minimum absolute atomic E-state index is 0.0834. The molecule has 0 unspecified atom stereocenters. The maximum Gasteiger partial charge on any atom is 0.293 e. The highest BCUT2D eigenvalue weighted by atomic mass is 35.5. The number of fused-ring (bicyclic) bond motifs is 1. The zero-order chi connectivity index (χ0) is 19.0. The molecule has 0 saturated heterocycles. The minimum atomic E-state index is -0.555. The first-order chi connectivity index (χ1) is 13.0. The Morgan fingerprint density at radius 3 is 2.74 bits per heavy atom. The number of carbonyl (C=O) groups is 1. The lowest BCUT2D eigenvalue weighted by atomic mass is 10.2. The number of hydrogen-bond donors (Lipinski definition) is 1. The molecule has 0 radical (unpaired) electrons. The van der Waals surface area contributed by atoms with Gasteiger partial charge in [-0.3, -0.25) is 14.9 Å². The summed E-state index contributed by atoms with van der Waals surface area (Å²) in [6.07, 6.45) is 0. The summed E-state index contributed by atoms with van der Waals surface area (Å²) < 4.78 is 5.53. The largest absolute Gasteiger partial charge is 0.451 e. The predicted molar refractivity (Wildman–Crippen MR) is 108 cm³/mol. The summed E-state index contributed by atoms with van der Waals surface area (Å²) in [5.74, 6) is -0.638. The van der Waals surface area contributed by atoms with Crippen molar-refractivity contribution in [3.8, 4) is 11.3 Å². The highest BCUT2D eigenvalue weighted by Crippen LogP contribution is 2.32. The van der Waals surface area contributed by atoms with Crippen LogP contribution in [-0.2, 0) is 0 Å². The molecular weight excluding hydrogens is 407 g/mol. The van der Waals surface area contributed by atoms with Gasteiger partial charge in [-0.25, -0.2) is 4.98 Å². The molecule has 2 aromatic heterocycles. The third kappa shape index (κ3) is 3.60. The molecule has 0 bridgehead atoms. The van der Waals surface area contributed by atoms with Crippen molar-refractivity contribution in [1.82, 2.24) is 4.98 Å². The van der Waals surface area contributed by atoms with E-state index >= 15 is 0 Å². The number of carbonyl (C=O) groups excluding carboxylic acids is 1. The van der Waals surface area contributed by atoms with Crippen LogP contribution in [0.15, 0.2) is 63.1 Å². The van der Waals surface area contributed by atoms with E-state index < -0.39 is 5.91 Å². The number of thiazole rings is 1. The molecule has 8 heteroatoms. The number of benzene rings is 2. The van der Waals surface area contributed by atoms with Gasteiger partial charge < -0.3 is 4.42 Å². The second-order valence-corrected chi connectivity index (χ2v) is 7.29. The van der Waals surface area contributed by atoms with Gasteiger partial charge in [0.15, 0.2) is 16.3 Å². The highest BCUT2D eigenvalue weighted by Gasteiger charge is 2.15. The number of nitrogens with one attached hydrogen (secondary N) is 1. The van der Waals surface area contributed by atoms with Crippen LogP contribution in [0, 0.1) is 0 Å². The van der Waals surface area contributed by atoms with Gasteiger partial charge in [0, 0.05) is 22.0 Å². The Labute approximate surface area is 167 Å². The highest BCUT2D eigenvalue weighted by molar-refractivity contribution is 7.14. The Balaban J connectivity index is 1.61. The van der Waals surface area contributed by atoms with E-state index in [1.165, 1.54) is 17.4 Å². The fraction of sp³-hybridized carbons (Fsp3) is 0. The molecule has 0 aliphatic rings. The fourth-order valence-corrected chi connectivity index (χ4v) is 3.74. The Morgan fingerprint density at radius 2 is 1.93 bits per heavy atom. The monoisotopic (exact) mass is 416 g/mol. The standard InChI is InChI=1S/C19H10Cl2N2O3S/c20-10-5-6-11(13(21)7-10)14-9-27-19(22-14)23-18(25)17-8-15(24)12-3-1-2-4-16(12)26-17/h1-9H,(H,22,23,25). The van der Waals surface area contributed by atoms with E-state index in [1.807, 2.05) is 0 Å². The van der Waals surface area contributed by atoms with Crippen LogP contribution in [0.4, 0.5) is 5.13 Å². The van der Waals surface area contributed by atoms with Crippen molar-refractivity contribution in [3.63, 3.8) is 0 Å². The van der Waals surface area contributed by atoms with Gasteiger partial charge >= 0.3 is 0 Å². The quantitative estimate of drug-likeness (QED) is 0.480. The van der Waals surface area contributed by atoms with E-state index in [1.54, 1.807) is 47.8 Å². The summed E-state index contributed by atoms with van der Waals surface area (Å²) >= 11 is 13.3. The summed E-state index contributed by atoms with van der Waals surface area (Å²) in [4.78, 5) is 28.9. The normalized spacial score (nSPS) is 10.9. The maximum atomic E-state index is 12.4. The van der Waals surface area contributed by atoms with E-state index in [0.717, 1.165) is 0 Å². The molecule has 5 nitrogen and oxygen atoms in total. The average molecular weight is 417 g/mol. The molecule has 4 rings (SSSR count). The van der Waals surface area contributed by atoms with Gasteiger partial charge in [-0.05, 0) is 30.3 Å². The molecule has 1 amide bonds. The maximum absolute atomic E-state index is 12.4. The first-order valence-electron chi connectivity index (χ1n) is 7.76. The molecule has 4 aromatic rings. The van der Waals surface area contributed by atoms with Gasteiger partial charge in [0.25, 0.3) is 5.91 Å². The van der Waals surface area contributed by atoms with Gasteiger partial charge in [0.2, 0.25) is 0 Å². The van der Waals surface area contributed by atoms with E-state index in [2.05, 4.69) is 10.3 Å². The number of para-hydroxylation sites is 1. The number of hydrogen-bond acceptors (Lipinski definition) is 5. The van der Waals surface area contributed by atoms with Gasteiger partial charge in [-0.1, -0.05) is 35.3 Å². The van der Waals surface area contributed by atoms with Crippen molar-refractivity contribution in [2.75, 3.05) is 5.32 Å². The van der Waals surface area contributed by atoms with Crippen LogP contribution >= 0.6 is 34.5 Å². The molecule has 0 saturated carbocycles. The zero-order valence-corrected chi connectivity index (χ0v) is 15.9. The average Bonchev–Trinajstić information content (AvgIpc) is 3.09. The Bertz CT molecular complexity index is 1230. The molecule has 0 aliphatic heterocycles. The lowest BCUT2D eigenvalue weighted by Gasteiger charge is -2.03. The molecule has 0 fully saturated rings. The molecule has 2 heterocycles. The number of aromatic nitrogens is 1. The number of halogens is 2. The van der Waals surface area contributed by atoms with Gasteiger partial charge in [-0.2, -0.15) is 0 Å². The van der Waals surface area contributed by atoms with Crippen LogP contribution in [0.3, 0.4) is 0 Å². The summed E-state index contributed by atoms with van der Waals surface area (Å²) in [7, 11) is 0. The summed E-state index contributed by atoms with van der Waals surface area (Å²) in [6.45, 7) is 0. The zero-order valence-electron chi connectivity index (χ0n) is 13.5. The molecule has 27 heavy (non-hydrogen) atoms. The number of nitrogens with zero attached hydrogens (tertiary/aromatic N) is 1. The van der Waals surface area contributed by atoms with Crippen LogP contribution in [0.2, 0.25) is 10.0 Å². The molecule has 134 valence electrons. The van der Waals surface area contributed by atoms with Crippen LogP contribution in [0.25, 0.3) is 22.2 Å². The topological polar surface area (TPSA) is 72.2 Å². The molecule has 0 spiro atoms. The van der Waals surface area contributed by atoms with Gasteiger partial charge in [-0.15, -0.1) is 11.3 Å². The molecular formula is C19H10Cl2N2O3S. The van der Waals surface area contributed by atoms with Crippen LogP contribution in [0.5, 0.6) is 0 Å². The van der Waals surface area contributed by atoms with Crippen molar-refractivity contribution in [2.45, 2.75) is 0 Å². The second kappa shape index (κ2) is 7.15. The van der Waals surface area contributed by atoms with E-state index in [-0.39, 0.29) is 11.2 Å². The Hall–Kier alpha value is -2.67. The Kier molecular flexibility index (Phi) is 4.70. The van der Waals surface area contributed by atoms with Crippen molar-refractivity contribution < 1.29 is 9.21 Å². The second-order valence-electron chi connectivity index (χ2n) is 5.59. The third-order valence-corrected chi connectivity index (χ3v) is 5.10. The molecule has 1 N–H and O–H groups in total. The number of amides is 1. The van der Waals surface area contributed by atoms with Crippen LogP contribution in [-0.4, -0.2) is 10.9 Å². The SMILES string of the molecule is O=C(Nc1nc(-c2ccc(Cl)cc2Cl)cs1)c1cc(=O)c2ccccc2o1. The van der Waals surface area contributed by atoms with Crippen molar-refractivity contribution in [3.05, 3.63) is 79.9 Å².